The SMILES string of the molecule is COCCN1CCN(c2c(C)c(C)nc3c(-c4ccc(F)cc4)c(C)nn23)CC1. The summed E-state index contributed by atoms with van der Waals surface area (Å²) in [6.07, 6.45) is 0. The molecule has 6 nitrogen and oxygen atoms in total. The Hall–Kier alpha value is -2.51. The Labute approximate surface area is 170 Å². The van der Waals surface area contributed by atoms with Crippen LogP contribution < -0.4 is 4.90 Å². The molecule has 1 aliphatic rings. The molecule has 0 amide bonds. The van der Waals surface area contributed by atoms with Crippen LogP contribution in [0.4, 0.5) is 10.2 Å². The number of hydrogen-bond donors (Lipinski definition) is 0. The summed E-state index contributed by atoms with van der Waals surface area (Å²) in [7, 11) is 1.74. The maximum Gasteiger partial charge on any atom is 0.165 e. The smallest absolute Gasteiger partial charge is 0.165 e. The van der Waals surface area contributed by atoms with E-state index in [-0.39, 0.29) is 5.82 Å². The third kappa shape index (κ3) is 3.72. The number of hydrogen-bond acceptors (Lipinski definition) is 5. The van der Waals surface area contributed by atoms with Crippen LogP contribution in [-0.4, -0.2) is 65.9 Å². The Balaban J connectivity index is 1.74. The zero-order valence-electron chi connectivity index (χ0n) is 17.6. The summed E-state index contributed by atoms with van der Waals surface area (Å²) in [6, 6.07) is 6.56. The van der Waals surface area contributed by atoms with Crippen LogP contribution >= 0.6 is 0 Å². The molecule has 1 saturated heterocycles. The predicted octanol–water partition coefficient (Wildman–Crippen LogP) is 3.23. The van der Waals surface area contributed by atoms with E-state index in [2.05, 4.69) is 16.7 Å². The van der Waals surface area contributed by atoms with Crippen LogP contribution in [0, 0.1) is 26.6 Å². The fraction of sp³-hybridized carbons (Fsp3) is 0.455. The van der Waals surface area contributed by atoms with Crippen LogP contribution in [0.5, 0.6) is 0 Å². The number of methoxy groups -OCH3 is 1. The monoisotopic (exact) mass is 397 g/mol. The fourth-order valence-electron chi connectivity index (χ4n) is 4.06. The molecule has 3 heterocycles. The molecule has 0 N–H and O–H groups in total. The molecule has 0 atom stereocenters. The van der Waals surface area contributed by atoms with Gasteiger partial charge in [0.25, 0.3) is 0 Å². The van der Waals surface area contributed by atoms with Crippen LogP contribution in [-0.2, 0) is 4.74 Å². The lowest BCUT2D eigenvalue weighted by molar-refractivity contribution is 0.144. The van der Waals surface area contributed by atoms with Crippen molar-refractivity contribution in [2.45, 2.75) is 20.8 Å². The second kappa shape index (κ2) is 8.08. The minimum absolute atomic E-state index is 0.241. The van der Waals surface area contributed by atoms with Gasteiger partial charge in [0.05, 0.1) is 12.3 Å². The lowest BCUT2D eigenvalue weighted by Gasteiger charge is -2.36. The van der Waals surface area contributed by atoms with Crippen molar-refractivity contribution in [1.82, 2.24) is 19.5 Å². The van der Waals surface area contributed by atoms with Gasteiger partial charge in [-0.2, -0.15) is 9.61 Å². The normalized spacial score (nSPS) is 15.4. The molecule has 0 spiro atoms. The maximum atomic E-state index is 13.4. The van der Waals surface area contributed by atoms with Crippen molar-refractivity contribution in [2.24, 2.45) is 0 Å². The molecule has 1 fully saturated rings. The van der Waals surface area contributed by atoms with Gasteiger partial charge in [0, 0.05) is 56.7 Å². The minimum Gasteiger partial charge on any atom is -0.383 e. The van der Waals surface area contributed by atoms with E-state index in [1.807, 2.05) is 18.4 Å². The number of ether oxygens (including phenoxy) is 1. The van der Waals surface area contributed by atoms with Crippen LogP contribution in [0.3, 0.4) is 0 Å². The van der Waals surface area contributed by atoms with Crippen molar-refractivity contribution in [3.8, 4) is 11.1 Å². The summed E-state index contributed by atoms with van der Waals surface area (Å²) < 4.78 is 20.6. The topological polar surface area (TPSA) is 45.9 Å². The van der Waals surface area contributed by atoms with Crippen LogP contribution in [0.25, 0.3) is 16.8 Å². The Morgan fingerprint density at radius 2 is 1.69 bits per heavy atom. The summed E-state index contributed by atoms with van der Waals surface area (Å²) >= 11 is 0. The lowest BCUT2D eigenvalue weighted by Crippen LogP contribution is -2.48. The highest BCUT2D eigenvalue weighted by Gasteiger charge is 2.24. The van der Waals surface area contributed by atoms with Crippen molar-refractivity contribution in [3.05, 3.63) is 47.0 Å². The Bertz CT molecular complexity index is 1010. The molecule has 4 rings (SSSR count). The first-order valence-corrected chi connectivity index (χ1v) is 10.1. The van der Waals surface area contributed by atoms with Gasteiger partial charge in [-0.3, -0.25) is 4.90 Å². The van der Waals surface area contributed by atoms with Crippen LogP contribution in [0.1, 0.15) is 17.0 Å². The van der Waals surface area contributed by atoms with E-state index < -0.39 is 0 Å². The quantitative estimate of drug-likeness (QED) is 0.662. The molecule has 0 aliphatic carbocycles. The minimum atomic E-state index is -0.241. The van der Waals surface area contributed by atoms with Gasteiger partial charge in [0.15, 0.2) is 5.65 Å². The number of halogens is 1. The maximum absolute atomic E-state index is 13.4. The molecular weight excluding hydrogens is 369 g/mol. The van der Waals surface area contributed by atoms with Crippen LogP contribution in [0.2, 0.25) is 0 Å². The molecule has 7 heteroatoms. The van der Waals surface area contributed by atoms with Crippen molar-refractivity contribution >= 4 is 11.5 Å². The summed E-state index contributed by atoms with van der Waals surface area (Å²) in [4.78, 5) is 9.69. The standard InChI is InChI=1S/C22H28FN5O/c1-15-16(2)24-21-20(18-5-7-19(23)8-6-18)17(3)25-28(21)22(15)27-11-9-26(10-12-27)13-14-29-4/h5-8H,9-14H2,1-4H3. The van der Waals surface area contributed by atoms with E-state index >= 15 is 0 Å². The average Bonchev–Trinajstić information content (AvgIpc) is 3.04. The lowest BCUT2D eigenvalue weighted by atomic mass is 10.1. The van der Waals surface area contributed by atoms with E-state index in [0.29, 0.717) is 0 Å². The Morgan fingerprint density at radius 1 is 1.00 bits per heavy atom. The second-order valence-electron chi connectivity index (χ2n) is 7.67. The van der Waals surface area contributed by atoms with Crippen molar-refractivity contribution in [3.63, 3.8) is 0 Å². The Kier molecular flexibility index (Phi) is 5.52. The third-order valence-electron chi connectivity index (χ3n) is 5.80. The van der Waals surface area contributed by atoms with E-state index in [9.17, 15) is 4.39 Å². The zero-order valence-corrected chi connectivity index (χ0v) is 17.6. The molecule has 0 bridgehead atoms. The molecule has 0 unspecified atom stereocenters. The molecule has 0 saturated carbocycles. The fourth-order valence-corrected chi connectivity index (χ4v) is 4.06. The number of anilines is 1. The van der Waals surface area contributed by atoms with Gasteiger partial charge in [-0.05, 0) is 38.5 Å². The number of rotatable bonds is 5. The first kappa shape index (κ1) is 19.8. The first-order chi connectivity index (χ1) is 14.0. The summed E-state index contributed by atoms with van der Waals surface area (Å²) in [6.45, 7) is 11.7. The number of aromatic nitrogens is 3. The van der Waals surface area contributed by atoms with Gasteiger partial charge in [0.2, 0.25) is 0 Å². The number of piperazine rings is 1. The van der Waals surface area contributed by atoms with E-state index in [1.54, 1.807) is 19.2 Å². The number of nitrogens with zero attached hydrogens (tertiary/aromatic N) is 5. The van der Waals surface area contributed by atoms with Gasteiger partial charge in [-0.15, -0.1) is 0 Å². The summed E-state index contributed by atoms with van der Waals surface area (Å²) in [5.41, 5.74) is 5.77. The summed E-state index contributed by atoms with van der Waals surface area (Å²) in [5, 5.41) is 4.84. The molecule has 1 aromatic carbocycles. The molecule has 154 valence electrons. The van der Waals surface area contributed by atoms with Crippen molar-refractivity contribution in [2.75, 3.05) is 51.3 Å². The molecule has 0 radical (unpaired) electrons. The van der Waals surface area contributed by atoms with Crippen LogP contribution in [0.15, 0.2) is 24.3 Å². The van der Waals surface area contributed by atoms with Gasteiger partial charge in [-0.25, -0.2) is 9.37 Å². The zero-order chi connectivity index (χ0) is 20.5. The first-order valence-electron chi connectivity index (χ1n) is 10.1. The van der Waals surface area contributed by atoms with Crippen molar-refractivity contribution in [1.29, 1.82) is 0 Å². The van der Waals surface area contributed by atoms with E-state index in [1.165, 1.54) is 12.1 Å². The van der Waals surface area contributed by atoms with Crippen molar-refractivity contribution < 1.29 is 9.13 Å². The second-order valence-corrected chi connectivity index (χ2v) is 7.67. The third-order valence-corrected chi connectivity index (χ3v) is 5.80. The Morgan fingerprint density at radius 3 is 2.34 bits per heavy atom. The number of fused-ring (bicyclic) bond motifs is 1. The molecule has 2 aromatic heterocycles. The van der Waals surface area contributed by atoms with Gasteiger partial charge >= 0.3 is 0 Å². The van der Waals surface area contributed by atoms with E-state index in [4.69, 9.17) is 14.8 Å². The predicted molar refractivity (Wildman–Crippen MR) is 113 cm³/mol. The van der Waals surface area contributed by atoms with Gasteiger partial charge in [0.1, 0.15) is 11.6 Å². The van der Waals surface area contributed by atoms with Gasteiger partial charge < -0.3 is 9.64 Å². The number of aryl methyl sites for hydroxylation is 2. The summed E-state index contributed by atoms with van der Waals surface area (Å²) in [5.74, 6) is 0.866. The highest BCUT2D eigenvalue weighted by Crippen LogP contribution is 2.32. The van der Waals surface area contributed by atoms with Gasteiger partial charge in [-0.1, -0.05) is 12.1 Å². The molecule has 29 heavy (non-hydrogen) atoms. The highest BCUT2D eigenvalue weighted by atomic mass is 19.1. The molecule has 1 aliphatic heterocycles. The van der Waals surface area contributed by atoms with E-state index in [0.717, 1.165) is 78.9 Å². The number of benzene rings is 1. The largest absolute Gasteiger partial charge is 0.383 e. The molecular formula is C22H28FN5O. The highest BCUT2D eigenvalue weighted by molar-refractivity contribution is 5.81. The average molecular weight is 397 g/mol. The molecule has 3 aromatic rings.